The van der Waals surface area contributed by atoms with Crippen LogP contribution >= 0.6 is 0 Å². The third-order valence-corrected chi connectivity index (χ3v) is 2.60. The summed E-state index contributed by atoms with van der Waals surface area (Å²) >= 11 is 0. The lowest BCUT2D eigenvalue weighted by atomic mass is 10.1. The van der Waals surface area contributed by atoms with Crippen LogP contribution in [0.4, 0.5) is 18.0 Å². The van der Waals surface area contributed by atoms with Crippen LogP contribution in [0.15, 0.2) is 28.8 Å². The van der Waals surface area contributed by atoms with Crippen molar-refractivity contribution in [2.24, 2.45) is 5.73 Å². The summed E-state index contributed by atoms with van der Waals surface area (Å²) in [5.74, 6) is -1.59. The van der Waals surface area contributed by atoms with Crippen molar-refractivity contribution in [2.45, 2.75) is 19.2 Å². The zero-order valence-corrected chi connectivity index (χ0v) is 10.7. The van der Waals surface area contributed by atoms with Gasteiger partial charge in [0.25, 0.3) is 0 Å². The quantitative estimate of drug-likeness (QED) is 0.941. The van der Waals surface area contributed by atoms with E-state index >= 15 is 0 Å². The van der Waals surface area contributed by atoms with Gasteiger partial charge in [0, 0.05) is 5.56 Å². The number of nitrogens with two attached hydrogens (primary N) is 1. The Bertz CT molecular complexity index is 637. The first-order valence-electron chi connectivity index (χ1n) is 5.74. The summed E-state index contributed by atoms with van der Waals surface area (Å²) in [7, 11) is 0. The predicted molar refractivity (Wildman–Crippen MR) is 63.8 cm³/mol. The normalized spacial score (nSPS) is 13.0. The minimum Gasteiger partial charge on any atom is -0.442 e. The SMILES string of the molecule is C[C@@H](OC(N)=O)c1ccc(-c2noc(C(F)(F)F)n2)cc1. The number of benzene rings is 1. The second-order valence-corrected chi connectivity index (χ2v) is 4.12. The molecule has 112 valence electrons. The van der Waals surface area contributed by atoms with Crippen LogP contribution < -0.4 is 5.73 Å². The largest absolute Gasteiger partial charge is 0.471 e. The summed E-state index contributed by atoms with van der Waals surface area (Å²) in [4.78, 5) is 13.9. The van der Waals surface area contributed by atoms with E-state index < -0.39 is 24.3 Å². The van der Waals surface area contributed by atoms with Gasteiger partial charge in [-0.15, -0.1) is 0 Å². The van der Waals surface area contributed by atoms with E-state index in [1.165, 1.54) is 12.1 Å². The Morgan fingerprint density at radius 3 is 2.43 bits per heavy atom. The lowest BCUT2D eigenvalue weighted by Crippen LogP contribution is -2.15. The summed E-state index contributed by atoms with van der Waals surface area (Å²) in [5, 5.41) is 3.26. The van der Waals surface area contributed by atoms with E-state index in [1.54, 1.807) is 19.1 Å². The molecule has 0 saturated carbocycles. The Balaban J connectivity index is 2.19. The van der Waals surface area contributed by atoms with Crippen LogP contribution in [0, 0.1) is 0 Å². The van der Waals surface area contributed by atoms with E-state index in [-0.39, 0.29) is 5.82 Å². The zero-order chi connectivity index (χ0) is 15.6. The zero-order valence-electron chi connectivity index (χ0n) is 10.7. The summed E-state index contributed by atoms with van der Waals surface area (Å²) in [6.07, 6.45) is -6.18. The Morgan fingerprint density at radius 2 is 1.95 bits per heavy atom. The lowest BCUT2D eigenvalue weighted by Gasteiger charge is -2.11. The monoisotopic (exact) mass is 301 g/mol. The van der Waals surface area contributed by atoms with Gasteiger partial charge in [-0.05, 0) is 12.5 Å². The van der Waals surface area contributed by atoms with Crippen LogP contribution in [0.5, 0.6) is 0 Å². The molecule has 2 aromatic rings. The molecule has 21 heavy (non-hydrogen) atoms. The van der Waals surface area contributed by atoms with Gasteiger partial charge < -0.3 is 15.0 Å². The number of primary amides is 1. The van der Waals surface area contributed by atoms with Gasteiger partial charge in [0.05, 0.1) is 0 Å². The van der Waals surface area contributed by atoms with Crippen molar-refractivity contribution in [2.75, 3.05) is 0 Å². The number of carbonyl (C=O) groups is 1. The Labute approximate surface area is 116 Å². The number of ether oxygens (including phenoxy) is 1. The minimum absolute atomic E-state index is 0.183. The van der Waals surface area contributed by atoms with E-state index in [1.807, 2.05) is 0 Å². The average molecular weight is 301 g/mol. The smallest absolute Gasteiger partial charge is 0.442 e. The molecule has 0 bridgehead atoms. The van der Waals surface area contributed by atoms with Gasteiger partial charge in [0.2, 0.25) is 5.82 Å². The van der Waals surface area contributed by atoms with E-state index in [2.05, 4.69) is 14.7 Å². The average Bonchev–Trinajstić information content (AvgIpc) is 2.87. The fraction of sp³-hybridized carbons (Fsp3) is 0.250. The first-order chi connectivity index (χ1) is 9.77. The van der Waals surface area contributed by atoms with Crippen molar-refractivity contribution in [3.8, 4) is 11.4 Å². The van der Waals surface area contributed by atoms with Crippen molar-refractivity contribution in [1.29, 1.82) is 0 Å². The first kappa shape index (κ1) is 14.8. The van der Waals surface area contributed by atoms with Crippen molar-refractivity contribution in [1.82, 2.24) is 10.1 Å². The molecule has 9 heteroatoms. The van der Waals surface area contributed by atoms with Gasteiger partial charge >= 0.3 is 18.2 Å². The van der Waals surface area contributed by atoms with E-state index in [0.29, 0.717) is 11.1 Å². The maximum Gasteiger partial charge on any atom is 0.471 e. The molecule has 2 rings (SSSR count). The van der Waals surface area contributed by atoms with E-state index in [4.69, 9.17) is 10.5 Å². The topological polar surface area (TPSA) is 91.2 Å². The molecule has 0 radical (unpaired) electrons. The highest BCUT2D eigenvalue weighted by Gasteiger charge is 2.38. The number of hydrogen-bond donors (Lipinski definition) is 1. The summed E-state index contributed by atoms with van der Waals surface area (Å²) in [5.41, 5.74) is 5.85. The molecule has 6 nitrogen and oxygen atoms in total. The molecule has 0 aliphatic rings. The molecular formula is C12H10F3N3O3. The fourth-order valence-corrected chi connectivity index (χ4v) is 1.60. The summed E-state index contributed by atoms with van der Waals surface area (Å²) in [6, 6.07) is 6.10. The van der Waals surface area contributed by atoms with Gasteiger partial charge in [-0.3, -0.25) is 0 Å². The number of hydrogen-bond acceptors (Lipinski definition) is 5. The predicted octanol–water partition coefficient (Wildman–Crippen LogP) is 2.91. The Morgan fingerprint density at radius 1 is 1.33 bits per heavy atom. The van der Waals surface area contributed by atoms with Crippen molar-refractivity contribution in [3.05, 3.63) is 35.7 Å². The number of amides is 1. The van der Waals surface area contributed by atoms with Crippen molar-refractivity contribution >= 4 is 6.09 Å². The van der Waals surface area contributed by atoms with Crippen LogP contribution in [0.2, 0.25) is 0 Å². The number of rotatable bonds is 3. The second-order valence-electron chi connectivity index (χ2n) is 4.12. The molecule has 0 aliphatic carbocycles. The van der Waals surface area contributed by atoms with Crippen LogP contribution in [0.25, 0.3) is 11.4 Å². The lowest BCUT2D eigenvalue weighted by molar-refractivity contribution is -0.159. The highest BCUT2D eigenvalue weighted by molar-refractivity contribution is 5.65. The molecule has 0 fully saturated rings. The first-order valence-corrected chi connectivity index (χ1v) is 5.74. The molecule has 1 heterocycles. The van der Waals surface area contributed by atoms with Crippen LogP contribution in [0.1, 0.15) is 24.5 Å². The number of halogens is 3. The molecule has 1 atom stereocenters. The van der Waals surface area contributed by atoms with Gasteiger partial charge in [0.15, 0.2) is 0 Å². The maximum absolute atomic E-state index is 12.4. The van der Waals surface area contributed by atoms with E-state index in [0.717, 1.165) is 0 Å². The third kappa shape index (κ3) is 3.50. The second kappa shape index (κ2) is 5.43. The molecule has 1 amide bonds. The third-order valence-electron chi connectivity index (χ3n) is 2.60. The van der Waals surface area contributed by atoms with E-state index in [9.17, 15) is 18.0 Å². The number of alkyl halides is 3. The van der Waals surface area contributed by atoms with Gasteiger partial charge in [-0.1, -0.05) is 29.4 Å². The van der Waals surface area contributed by atoms with Crippen molar-refractivity contribution in [3.63, 3.8) is 0 Å². The summed E-state index contributed by atoms with van der Waals surface area (Å²) < 4.78 is 46.0. The fourth-order valence-electron chi connectivity index (χ4n) is 1.60. The standard InChI is InChI=1S/C12H10F3N3O3/c1-6(20-11(16)19)7-2-4-8(5-3-7)9-17-10(21-18-9)12(13,14)15/h2-6H,1H3,(H2,16,19)/t6-/m1/s1. The highest BCUT2D eigenvalue weighted by atomic mass is 19.4. The van der Waals surface area contributed by atoms with Crippen LogP contribution in [-0.4, -0.2) is 16.2 Å². The number of nitrogens with zero attached hydrogens (tertiary/aromatic N) is 2. The van der Waals surface area contributed by atoms with Gasteiger partial charge in [-0.25, -0.2) is 4.79 Å². The van der Waals surface area contributed by atoms with Crippen LogP contribution in [0.3, 0.4) is 0 Å². The van der Waals surface area contributed by atoms with Gasteiger partial charge in [-0.2, -0.15) is 18.2 Å². The summed E-state index contributed by atoms with van der Waals surface area (Å²) in [6.45, 7) is 1.61. The molecule has 0 unspecified atom stereocenters. The molecule has 1 aromatic heterocycles. The van der Waals surface area contributed by atoms with Crippen LogP contribution in [-0.2, 0) is 10.9 Å². The molecule has 0 aliphatic heterocycles. The maximum atomic E-state index is 12.4. The Kier molecular flexibility index (Phi) is 3.83. The minimum atomic E-state index is -4.69. The Hall–Kier alpha value is -2.58. The molecule has 0 saturated heterocycles. The molecular weight excluding hydrogens is 291 g/mol. The molecule has 1 aromatic carbocycles. The molecule has 2 N–H and O–H groups in total. The highest BCUT2D eigenvalue weighted by Crippen LogP contribution is 2.29. The van der Waals surface area contributed by atoms with Crippen molar-refractivity contribution < 1.29 is 27.2 Å². The van der Waals surface area contributed by atoms with Gasteiger partial charge in [0.1, 0.15) is 6.10 Å². The molecule has 0 spiro atoms. The number of aromatic nitrogens is 2. The number of carbonyl (C=O) groups excluding carboxylic acids is 1.